The fourth-order valence-corrected chi connectivity index (χ4v) is 1.70. The fraction of sp³-hybridized carbons (Fsp3) is 0.667. The molecule has 0 bridgehead atoms. The molecule has 1 saturated heterocycles. The van der Waals surface area contributed by atoms with Crippen LogP contribution in [0.3, 0.4) is 0 Å². The highest BCUT2D eigenvalue weighted by Gasteiger charge is 2.38. The monoisotopic (exact) mass is 261 g/mol. The molecule has 1 fully saturated rings. The Morgan fingerprint density at radius 2 is 1.83 bits per heavy atom. The van der Waals surface area contributed by atoms with Crippen LogP contribution in [-0.4, -0.2) is 83.0 Å². The van der Waals surface area contributed by atoms with Crippen LogP contribution >= 0.6 is 0 Å². The second kappa shape index (κ2) is 5.54. The minimum absolute atomic E-state index is 0.0438. The lowest BCUT2D eigenvalue weighted by Crippen LogP contribution is -2.61. The third-order valence-corrected chi connectivity index (χ3v) is 2.77. The van der Waals surface area contributed by atoms with Crippen LogP contribution in [0.25, 0.3) is 0 Å². The third kappa shape index (κ3) is 2.80. The van der Waals surface area contributed by atoms with Gasteiger partial charge in [0.25, 0.3) is 5.91 Å². The van der Waals surface area contributed by atoms with E-state index < -0.39 is 24.1 Å². The van der Waals surface area contributed by atoms with Crippen molar-refractivity contribution < 1.29 is 29.4 Å². The topological polar surface area (TPSA) is 111 Å². The van der Waals surface area contributed by atoms with E-state index in [0.717, 1.165) is 14.9 Å². The molecule has 1 atom stereocenters. The van der Waals surface area contributed by atoms with Crippen molar-refractivity contribution >= 4 is 18.1 Å². The number of carbonyl (C=O) groups is 3. The van der Waals surface area contributed by atoms with E-state index in [4.69, 9.17) is 10.2 Å². The highest BCUT2D eigenvalue weighted by atomic mass is 16.7. The van der Waals surface area contributed by atoms with Crippen LogP contribution in [0.5, 0.6) is 0 Å². The number of hydrogen-bond acceptors (Lipinski definition) is 4. The van der Waals surface area contributed by atoms with Gasteiger partial charge in [0.2, 0.25) is 0 Å². The summed E-state index contributed by atoms with van der Waals surface area (Å²) in [6.07, 6.45) is -2.44. The normalized spacial score (nSPS) is 19.6. The van der Waals surface area contributed by atoms with Crippen molar-refractivity contribution in [3.8, 4) is 0 Å². The van der Waals surface area contributed by atoms with Gasteiger partial charge in [-0.15, -0.1) is 0 Å². The Hall–Kier alpha value is -2.03. The zero-order chi connectivity index (χ0) is 13.9. The molecule has 9 heteroatoms. The summed E-state index contributed by atoms with van der Waals surface area (Å²) in [5, 5.41) is 18.7. The van der Waals surface area contributed by atoms with Gasteiger partial charge in [-0.3, -0.25) is 14.5 Å². The Morgan fingerprint density at radius 1 is 1.22 bits per heavy atom. The molecule has 0 aliphatic carbocycles. The predicted octanol–water partition coefficient (Wildman–Crippen LogP) is -0.652. The first kappa shape index (κ1) is 14.0. The van der Waals surface area contributed by atoms with E-state index in [1.807, 2.05) is 0 Å². The highest BCUT2D eigenvalue weighted by Crippen LogP contribution is 2.12. The Bertz CT molecular complexity index is 360. The number of carbonyl (C=O) groups excluding carboxylic acids is 1. The highest BCUT2D eigenvalue weighted by molar-refractivity contribution is 5.85. The predicted molar refractivity (Wildman–Crippen MR) is 57.9 cm³/mol. The smallest absolute Gasteiger partial charge is 0.408 e. The Labute approximate surface area is 103 Å². The van der Waals surface area contributed by atoms with Crippen molar-refractivity contribution in [2.75, 3.05) is 33.8 Å². The van der Waals surface area contributed by atoms with Crippen molar-refractivity contribution in [2.45, 2.75) is 6.04 Å². The van der Waals surface area contributed by atoms with Gasteiger partial charge >= 0.3 is 12.2 Å². The summed E-state index contributed by atoms with van der Waals surface area (Å²) >= 11 is 0. The van der Waals surface area contributed by atoms with Crippen molar-refractivity contribution in [1.29, 1.82) is 0 Å². The SMILES string of the molecule is CON(C)C(=O)[C@H]1CN(C(=O)O)CCN1C(=O)O. The first-order chi connectivity index (χ1) is 8.38. The van der Waals surface area contributed by atoms with E-state index in [1.54, 1.807) is 0 Å². The average molecular weight is 261 g/mol. The van der Waals surface area contributed by atoms with Gasteiger partial charge < -0.3 is 15.1 Å². The van der Waals surface area contributed by atoms with Crippen LogP contribution in [0, 0.1) is 0 Å². The molecular formula is C9H15N3O6. The fourth-order valence-electron chi connectivity index (χ4n) is 1.70. The van der Waals surface area contributed by atoms with E-state index in [-0.39, 0.29) is 19.6 Å². The third-order valence-electron chi connectivity index (χ3n) is 2.77. The van der Waals surface area contributed by atoms with E-state index >= 15 is 0 Å². The minimum Gasteiger partial charge on any atom is -0.465 e. The molecule has 0 radical (unpaired) electrons. The van der Waals surface area contributed by atoms with Gasteiger partial charge in [-0.25, -0.2) is 14.7 Å². The van der Waals surface area contributed by atoms with Gasteiger partial charge in [0.1, 0.15) is 6.04 Å². The number of piperazine rings is 1. The molecule has 102 valence electrons. The molecule has 1 aliphatic rings. The molecule has 9 nitrogen and oxygen atoms in total. The lowest BCUT2D eigenvalue weighted by molar-refractivity contribution is -0.175. The van der Waals surface area contributed by atoms with Crippen LogP contribution in [-0.2, 0) is 9.63 Å². The maximum absolute atomic E-state index is 11.9. The summed E-state index contributed by atoms with van der Waals surface area (Å²) < 4.78 is 0. The quantitative estimate of drug-likeness (QED) is 0.639. The molecule has 0 aromatic heterocycles. The van der Waals surface area contributed by atoms with Crippen LogP contribution in [0.1, 0.15) is 0 Å². The number of rotatable bonds is 2. The molecule has 0 aromatic rings. The van der Waals surface area contributed by atoms with Gasteiger partial charge in [-0.1, -0.05) is 0 Å². The summed E-state index contributed by atoms with van der Waals surface area (Å²) in [4.78, 5) is 40.3. The minimum atomic E-state index is -1.26. The zero-order valence-corrected chi connectivity index (χ0v) is 10.1. The van der Waals surface area contributed by atoms with Crippen LogP contribution in [0.15, 0.2) is 0 Å². The molecule has 2 N–H and O–H groups in total. The molecule has 0 unspecified atom stereocenters. The molecule has 1 heterocycles. The van der Waals surface area contributed by atoms with Gasteiger partial charge in [-0.2, -0.15) is 0 Å². The van der Waals surface area contributed by atoms with Gasteiger partial charge in [0, 0.05) is 20.1 Å². The first-order valence-electron chi connectivity index (χ1n) is 5.17. The Morgan fingerprint density at radius 3 is 2.28 bits per heavy atom. The van der Waals surface area contributed by atoms with E-state index in [2.05, 4.69) is 4.84 Å². The molecule has 1 rings (SSSR count). The van der Waals surface area contributed by atoms with Crippen LogP contribution < -0.4 is 0 Å². The summed E-state index contributed by atoms with van der Waals surface area (Å²) in [5.74, 6) is -0.606. The number of nitrogens with zero attached hydrogens (tertiary/aromatic N) is 3. The number of amides is 3. The van der Waals surface area contributed by atoms with Crippen molar-refractivity contribution in [1.82, 2.24) is 14.9 Å². The van der Waals surface area contributed by atoms with E-state index in [9.17, 15) is 14.4 Å². The van der Waals surface area contributed by atoms with Crippen LogP contribution in [0.4, 0.5) is 9.59 Å². The molecule has 0 spiro atoms. The number of hydroxylamine groups is 2. The molecule has 1 aliphatic heterocycles. The summed E-state index contributed by atoms with van der Waals surface area (Å²) in [6.45, 7) is -0.203. The van der Waals surface area contributed by atoms with Crippen molar-refractivity contribution in [3.63, 3.8) is 0 Å². The van der Waals surface area contributed by atoms with E-state index in [1.165, 1.54) is 14.2 Å². The van der Waals surface area contributed by atoms with Gasteiger partial charge in [0.15, 0.2) is 0 Å². The lowest BCUT2D eigenvalue weighted by atomic mass is 10.1. The lowest BCUT2D eigenvalue weighted by Gasteiger charge is -2.38. The molecule has 0 saturated carbocycles. The summed E-state index contributed by atoms with van der Waals surface area (Å²) in [7, 11) is 2.60. The van der Waals surface area contributed by atoms with E-state index in [0.29, 0.717) is 0 Å². The maximum atomic E-state index is 11.9. The molecule has 18 heavy (non-hydrogen) atoms. The molecule has 0 aromatic carbocycles. The summed E-state index contributed by atoms with van der Waals surface area (Å²) in [5.41, 5.74) is 0. The number of likely N-dealkylation sites (N-methyl/N-ethyl adjacent to an activating group) is 1. The zero-order valence-electron chi connectivity index (χ0n) is 10.1. The molecule has 3 amide bonds. The number of hydrogen-bond donors (Lipinski definition) is 2. The van der Waals surface area contributed by atoms with Crippen molar-refractivity contribution in [2.24, 2.45) is 0 Å². The van der Waals surface area contributed by atoms with Gasteiger partial charge in [0.05, 0.1) is 13.7 Å². The molecular weight excluding hydrogens is 246 g/mol. The second-order valence-corrected chi connectivity index (χ2v) is 3.74. The Balaban J connectivity index is 2.87. The van der Waals surface area contributed by atoms with Crippen LogP contribution in [0.2, 0.25) is 0 Å². The second-order valence-electron chi connectivity index (χ2n) is 3.74. The van der Waals surface area contributed by atoms with Crippen molar-refractivity contribution in [3.05, 3.63) is 0 Å². The van der Waals surface area contributed by atoms with Gasteiger partial charge in [-0.05, 0) is 0 Å². The largest absolute Gasteiger partial charge is 0.465 e. The maximum Gasteiger partial charge on any atom is 0.408 e. The number of carboxylic acid groups (broad SMARTS) is 2. The summed E-state index contributed by atoms with van der Waals surface area (Å²) in [6, 6.07) is -1.09. The first-order valence-corrected chi connectivity index (χ1v) is 5.17. The Kier molecular flexibility index (Phi) is 4.32. The average Bonchev–Trinajstić information content (AvgIpc) is 2.35. The standard InChI is InChI=1S/C9H15N3O6/c1-10(18-2)7(13)6-5-11(8(14)15)3-4-12(6)9(16)17/h6H,3-5H2,1-2H3,(H,14,15)(H,16,17)/t6-/m1/s1.